The van der Waals surface area contributed by atoms with Crippen LogP contribution in [0.4, 0.5) is 33.5 Å². The first-order chi connectivity index (χ1) is 23.6. The van der Waals surface area contributed by atoms with E-state index in [-0.39, 0.29) is 53.9 Å². The zero-order valence-corrected chi connectivity index (χ0v) is 26.5. The minimum Gasteiger partial charge on any atom is -0.437 e. The van der Waals surface area contributed by atoms with Gasteiger partial charge in [-0.3, -0.25) is 23.6 Å². The monoisotopic (exact) mass is 726 g/mol. The molecule has 4 aromatic rings. The number of hydrogen-bond donors (Lipinski definition) is 4. The molecule has 1 atom stereocenters. The van der Waals surface area contributed by atoms with Gasteiger partial charge in [0.2, 0.25) is 0 Å². The van der Waals surface area contributed by atoms with Crippen molar-refractivity contribution in [3.05, 3.63) is 59.3 Å². The summed E-state index contributed by atoms with van der Waals surface area (Å²) in [6.45, 7) is -0.0597. The van der Waals surface area contributed by atoms with Crippen LogP contribution in [0.15, 0.2) is 43.0 Å². The van der Waals surface area contributed by atoms with E-state index in [1.54, 1.807) is 4.90 Å². The lowest BCUT2D eigenvalue weighted by atomic mass is 9.96. The summed E-state index contributed by atoms with van der Waals surface area (Å²) in [5.74, 6) is -3.03. The number of carbonyl (C=O) groups excluding carboxylic acids is 3. The predicted molar refractivity (Wildman–Crippen MR) is 164 cm³/mol. The molecular formula is C29H28ClF5N10O5. The summed E-state index contributed by atoms with van der Waals surface area (Å²) in [4.78, 5) is 48.4. The molecule has 0 aliphatic carbocycles. The first kappa shape index (κ1) is 34.9. The first-order valence-corrected chi connectivity index (χ1v) is 15.3. The number of aliphatic hydroxyl groups is 1. The van der Waals surface area contributed by atoms with Gasteiger partial charge in [0, 0.05) is 57.0 Å². The maximum atomic E-state index is 13.8. The van der Waals surface area contributed by atoms with Crippen LogP contribution in [0.2, 0.25) is 5.02 Å². The number of alkyl halides is 5. The van der Waals surface area contributed by atoms with Gasteiger partial charge >= 0.3 is 18.1 Å². The van der Waals surface area contributed by atoms with E-state index in [1.807, 2.05) is 0 Å². The van der Waals surface area contributed by atoms with Gasteiger partial charge in [-0.25, -0.2) is 23.5 Å². The molecule has 2 aliphatic rings. The fourth-order valence-electron chi connectivity index (χ4n) is 5.68. The van der Waals surface area contributed by atoms with Crippen LogP contribution in [0.3, 0.4) is 0 Å². The van der Waals surface area contributed by atoms with E-state index in [1.165, 1.54) is 39.9 Å². The van der Waals surface area contributed by atoms with E-state index in [4.69, 9.17) is 22.1 Å². The van der Waals surface area contributed by atoms with Gasteiger partial charge in [0.05, 0.1) is 34.6 Å². The fourth-order valence-corrected chi connectivity index (χ4v) is 5.95. The highest BCUT2D eigenvalue weighted by Crippen LogP contribution is 2.37. The molecule has 3 aromatic heterocycles. The van der Waals surface area contributed by atoms with Gasteiger partial charge in [0.15, 0.2) is 23.4 Å². The third kappa shape index (κ3) is 7.18. The molecule has 15 nitrogen and oxygen atoms in total. The lowest BCUT2D eigenvalue weighted by Crippen LogP contribution is -2.68. The van der Waals surface area contributed by atoms with Crippen LogP contribution < -0.4 is 16.4 Å². The molecule has 50 heavy (non-hydrogen) atoms. The molecule has 6 rings (SSSR count). The molecule has 0 bridgehead atoms. The van der Waals surface area contributed by atoms with Crippen molar-refractivity contribution in [2.24, 2.45) is 5.73 Å². The Balaban J connectivity index is 1.21. The van der Waals surface area contributed by atoms with Crippen LogP contribution in [0, 0.1) is 0 Å². The molecule has 2 amide bonds. The summed E-state index contributed by atoms with van der Waals surface area (Å²) in [5.41, 5.74) is 2.60. The molecule has 1 unspecified atom stereocenters. The number of nitrogens with one attached hydrogen (secondary N) is 2. The second-order valence-electron chi connectivity index (χ2n) is 11.7. The van der Waals surface area contributed by atoms with Gasteiger partial charge < -0.3 is 31.1 Å². The van der Waals surface area contributed by atoms with E-state index < -0.39 is 60.0 Å². The van der Waals surface area contributed by atoms with E-state index in [2.05, 4.69) is 25.7 Å². The number of amides is 2. The lowest BCUT2D eigenvalue weighted by molar-refractivity contribution is -0.174. The third-order valence-corrected chi connectivity index (χ3v) is 8.41. The zero-order valence-electron chi connectivity index (χ0n) is 25.7. The van der Waals surface area contributed by atoms with E-state index >= 15 is 0 Å². The molecule has 0 spiro atoms. The summed E-state index contributed by atoms with van der Waals surface area (Å²) in [6, 6.07) is 4.35. The second-order valence-corrected chi connectivity index (χ2v) is 12.1. The van der Waals surface area contributed by atoms with E-state index in [0.29, 0.717) is 23.5 Å². The average Bonchev–Trinajstić information content (AvgIpc) is 3.65. The largest absolute Gasteiger partial charge is 0.437 e. The zero-order chi connectivity index (χ0) is 36.0. The van der Waals surface area contributed by atoms with E-state index in [0.717, 1.165) is 12.4 Å². The van der Waals surface area contributed by atoms with Crippen LogP contribution in [0.25, 0.3) is 16.9 Å². The van der Waals surface area contributed by atoms with Gasteiger partial charge in [-0.05, 0) is 18.2 Å². The highest BCUT2D eigenvalue weighted by atomic mass is 35.5. The van der Waals surface area contributed by atoms with Gasteiger partial charge in [-0.1, -0.05) is 11.6 Å². The number of aromatic nitrogens is 5. The molecule has 0 radical (unpaired) electrons. The highest BCUT2D eigenvalue weighted by molar-refractivity contribution is 6.34. The molecule has 1 aromatic carbocycles. The van der Waals surface area contributed by atoms with Crippen LogP contribution in [0.5, 0.6) is 0 Å². The molecule has 2 aliphatic heterocycles. The number of fused-ring (bicyclic) bond motifs is 1. The number of primary amides is 1. The van der Waals surface area contributed by atoms with Crippen molar-refractivity contribution in [2.75, 3.05) is 44.6 Å². The maximum absolute atomic E-state index is 13.8. The summed E-state index contributed by atoms with van der Waals surface area (Å²) in [6.07, 6.45) is -4.29. The molecule has 266 valence electrons. The number of anilines is 2. The topological polar surface area (TPSA) is 185 Å². The average molecular weight is 727 g/mol. The number of halogens is 6. The van der Waals surface area contributed by atoms with Gasteiger partial charge in [-0.15, -0.1) is 0 Å². The second kappa shape index (κ2) is 13.4. The fraction of sp³-hybridized carbons (Fsp3) is 0.379. The van der Waals surface area contributed by atoms with Crippen LogP contribution in [0.1, 0.15) is 16.1 Å². The lowest BCUT2D eigenvalue weighted by Gasteiger charge is -2.46. The van der Waals surface area contributed by atoms with Crippen molar-refractivity contribution in [3.63, 3.8) is 0 Å². The summed E-state index contributed by atoms with van der Waals surface area (Å²) in [5, 5.41) is 19.9. The first-order valence-electron chi connectivity index (χ1n) is 14.9. The number of rotatable bonds is 9. The number of imidazole rings is 1. The summed E-state index contributed by atoms with van der Waals surface area (Å²) in [7, 11) is 0. The van der Waals surface area contributed by atoms with Crippen molar-refractivity contribution in [2.45, 2.75) is 31.0 Å². The van der Waals surface area contributed by atoms with Gasteiger partial charge in [0.1, 0.15) is 12.1 Å². The standard InChI is InChI=1S/C29H28ClF5N10O5/c30-18-7-15(1-2-16(18)26(47)42-5-6-43(14-28(49)12-37-13-28)21(11-42)50-27(48)23(36)46)40-24-25-39-8-19(45(25)4-3-38-24)17-9-44(10-20(31)32)41-22(17)29(33,34)35/h1-4,7-9,20-21,37,49H,5-6,10-14H2,(H2,36,46)(H,38,40). The summed E-state index contributed by atoms with van der Waals surface area (Å²) < 4.78 is 74.3. The minimum atomic E-state index is -4.94. The van der Waals surface area contributed by atoms with Gasteiger partial charge in [0.25, 0.3) is 12.3 Å². The smallest absolute Gasteiger partial charge is 0.435 e. The SMILES string of the molecule is NC(=O)C(=O)OC1CN(C(=O)c2ccc(Nc3nccn4c(-c5cn(CC(F)F)nc5C(F)(F)F)cnc34)cc2Cl)CCN1CC1(O)CNC1. The predicted octanol–water partition coefficient (Wildman–Crippen LogP) is 1.72. The number of ether oxygens (including phenoxy) is 1. The number of nitrogens with zero attached hydrogens (tertiary/aromatic N) is 7. The number of benzene rings is 1. The Kier molecular flexibility index (Phi) is 9.37. The van der Waals surface area contributed by atoms with Crippen molar-refractivity contribution in [3.8, 4) is 11.3 Å². The number of hydrogen-bond acceptors (Lipinski definition) is 11. The Labute approximate surface area is 283 Å². The molecular weight excluding hydrogens is 699 g/mol. The number of esters is 1. The van der Waals surface area contributed by atoms with Gasteiger partial charge in [-0.2, -0.15) is 18.3 Å². The minimum absolute atomic E-state index is 0.0141. The highest BCUT2D eigenvalue weighted by Gasteiger charge is 2.42. The van der Waals surface area contributed by atoms with Crippen LogP contribution in [-0.2, 0) is 27.0 Å². The molecule has 2 saturated heterocycles. The molecule has 21 heteroatoms. The normalized spacial score (nSPS) is 17.9. The van der Waals surface area contributed by atoms with Crippen molar-refractivity contribution in [1.29, 1.82) is 0 Å². The Hall–Kier alpha value is -4.92. The van der Waals surface area contributed by atoms with Crippen molar-refractivity contribution < 1.29 is 46.2 Å². The van der Waals surface area contributed by atoms with Crippen LogP contribution in [-0.4, -0.2) is 114 Å². The Morgan fingerprint density at radius 1 is 1.20 bits per heavy atom. The quantitative estimate of drug-likeness (QED) is 0.112. The number of piperazine rings is 1. The number of nitrogens with two attached hydrogens (primary N) is 1. The molecule has 0 saturated carbocycles. The van der Waals surface area contributed by atoms with Crippen LogP contribution >= 0.6 is 11.6 Å². The summed E-state index contributed by atoms with van der Waals surface area (Å²) >= 11 is 6.52. The Morgan fingerprint density at radius 3 is 2.60 bits per heavy atom. The third-order valence-electron chi connectivity index (χ3n) is 8.10. The number of β-amino-alcohol motifs (C(OH)–C–C–N with tert-alkyl or cyclic N) is 1. The maximum Gasteiger partial charge on any atom is 0.435 e. The Bertz CT molecular complexity index is 1950. The molecule has 2 fully saturated rings. The van der Waals surface area contributed by atoms with E-state index in [9.17, 15) is 41.4 Å². The number of carbonyl (C=O) groups is 3. The molecule has 5 heterocycles. The van der Waals surface area contributed by atoms with Crippen molar-refractivity contribution in [1.82, 2.24) is 39.3 Å². The Morgan fingerprint density at radius 2 is 1.96 bits per heavy atom. The molecule has 5 N–H and O–H groups in total. The van der Waals surface area contributed by atoms with Crippen molar-refractivity contribution >= 4 is 46.5 Å².